The van der Waals surface area contributed by atoms with Crippen molar-refractivity contribution in [2.24, 2.45) is 0 Å². The molecule has 1 unspecified atom stereocenters. The third-order valence-electron chi connectivity index (χ3n) is 6.47. The molecule has 1 aliphatic heterocycles. The molecule has 2 N–H and O–H groups in total. The van der Waals surface area contributed by atoms with Crippen LogP contribution in [0.15, 0.2) is 65.4 Å². The van der Waals surface area contributed by atoms with Gasteiger partial charge in [0.25, 0.3) is 5.91 Å². The van der Waals surface area contributed by atoms with Gasteiger partial charge in [-0.25, -0.2) is 0 Å². The molecule has 0 saturated carbocycles. The van der Waals surface area contributed by atoms with Crippen molar-refractivity contribution in [3.05, 3.63) is 83.4 Å². The Morgan fingerprint density at radius 2 is 1.89 bits per heavy atom. The molecule has 2 aromatic heterocycles. The first kappa shape index (κ1) is 23.8. The van der Waals surface area contributed by atoms with Crippen molar-refractivity contribution >= 4 is 11.6 Å². The number of para-hydroxylation sites is 1. The number of carbonyl (C=O) groups excluding carboxylic acids is 1. The predicted octanol–water partition coefficient (Wildman–Crippen LogP) is 4.11. The molecular weight excluding hydrogens is 460 g/mol. The molecule has 36 heavy (non-hydrogen) atoms. The zero-order valence-corrected chi connectivity index (χ0v) is 20.4. The van der Waals surface area contributed by atoms with Gasteiger partial charge in [0, 0.05) is 46.7 Å². The topological polar surface area (TPSA) is 114 Å². The van der Waals surface area contributed by atoms with Crippen LogP contribution in [0.5, 0.6) is 5.75 Å². The average molecular weight is 489 g/mol. The lowest BCUT2D eigenvalue weighted by atomic mass is 9.84. The third kappa shape index (κ3) is 4.06. The lowest BCUT2D eigenvalue weighted by Crippen LogP contribution is -2.31. The van der Waals surface area contributed by atoms with Crippen LogP contribution in [0.2, 0.25) is 0 Å². The second kappa shape index (κ2) is 9.60. The molecule has 4 aromatic rings. The fourth-order valence-electron chi connectivity index (χ4n) is 4.52. The molecular formula is C27H28N4O5. The monoisotopic (exact) mass is 488 g/mol. The maximum atomic E-state index is 13.8. The molecule has 0 fully saturated rings. The van der Waals surface area contributed by atoms with Crippen molar-refractivity contribution in [1.82, 2.24) is 15.4 Å². The smallest absolute Gasteiger partial charge is 0.280 e. The zero-order chi connectivity index (χ0) is 25.3. The van der Waals surface area contributed by atoms with Crippen molar-refractivity contribution in [2.45, 2.75) is 25.3 Å². The fraction of sp³-hybridized carbons (Fsp3) is 0.296. The van der Waals surface area contributed by atoms with Crippen molar-refractivity contribution in [3.63, 3.8) is 0 Å². The summed E-state index contributed by atoms with van der Waals surface area (Å²) in [5.41, 5.74) is 4.25. The van der Waals surface area contributed by atoms with E-state index in [0.29, 0.717) is 41.7 Å². The minimum atomic E-state index is -0.641. The normalized spacial score (nSPS) is 15.4. The van der Waals surface area contributed by atoms with E-state index < -0.39 is 11.5 Å². The summed E-state index contributed by atoms with van der Waals surface area (Å²) < 4.78 is 16.2. The molecule has 0 radical (unpaired) electrons. The molecule has 186 valence electrons. The fourth-order valence-corrected chi connectivity index (χ4v) is 4.52. The number of ether oxygens (including phenoxy) is 2. The van der Waals surface area contributed by atoms with E-state index >= 15 is 0 Å². The minimum absolute atomic E-state index is 0.110. The number of hydrogen-bond acceptors (Lipinski definition) is 7. The number of amides is 1. The van der Waals surface area contributed by atoms with Gasteiger partial charge < -0.3 is 19.1 Å². The Labute approximate surface area is 208 Å². The summed E-state index contributed by atoms with van der Waals surface area (Å²) >= 11 is 0. The van der Waals surface area contributed by atoms with Crippen LogP contribution in [0.4, 0.5) is 5.69 Å². The highest BCUT2D eigenvalue weighted by atomic mass is 16.5. The van der Waals surface area contributed by atoms with Gasteiger partial charge >= 0.3 is 0 Å². The molecule has 0 saturated heterocycles. The van der Waals surface area contributed by atoms with Crippen molar-refractivity contribution in [1.29, 1.82) is 0 Å². The molecule has 9 nitrogen and oxygen atoms in total. The molecule has 1 amide bonds. The van der Waals surface area contributed by atoms with Crippen molar-refractivity contribution in [3.8, 4) is 17.0 Å². The summed E-state index contributed by atoms with van der Waals surface area (Å²) in [6.07, 6.45) is 1.52. The molecule has 1 atom stereocenters. The maximum Gasteiger partial charge on any atom is 0.280 e. The molecule has 5 rings (SSSR count). The first-order valence-corrected chi connectivity index (χ1v) is 11.7. The van der Waals surface area contributed by atoms with Crippen LogP contribution < -0.4 is 9.64 Å². The third-order valence-corrected chi connectivity index (χ3v) is 6.47. The second-order valence-corrected chi connectivity index (χ2v) is 9.29. The van der Waals surface area contributed by atoms with Gasteiger partial charge in [-0.3, -0.25) is 14.8 Å². The molecule has 2 aromatic carbocycles. The number of anilines is 1. The molecule has 1 aliphatic rings. The lowest BCUT2D eigenvalue weighted by Gasteiger charge is -2.30. The number of rotatable bonds is 9. The number of nitrogens with zero attached hydrogens (tertiary/aromatic N) is 3. The lowest BCUT2D eigenvalue weighted by molar-refractivity contribution is 0.0988. The van der Waals surface area contributed by atoms with Crippen LogP contribution in [-0.2, 0) is 10.2 Å². The van der Waals surface area contributed by atoms with Gasteiger partial charge in [-0.2, -0.15) is 5.10 Å². The average Bonchev–Trinajstić information content (AvgIpc) is 3.63. The van der Waals surface area contributed by atoms with Gasteiger partial charge in [0.15, 0.2) is 5.69 Å². The predicted molar refractivity (Wildman–Crippen MR) is 133 cm³/mol. The highest BCUT2D eigenvalue weighted by Crippen LogP contribution is 2.47. The number of aliphatic hydroxyl groups excluding tert-OH is 1. The van der Waals surface area contributed by atoms with Crippen LogP contribution in [0.3, 0.4) is 0 Å². The van der Waals surface area contributed by atoms with E-state index in [9.17, 15) is 9.90 Å². The Bertz CT molecular complexity index is 1350. The number of hydrogen-bond donors (Lipinski definition) is 2. The van der Waals surface area contributed by atoms with E-state index in [2.05, 4.69) is 15.4 Å². The van der Waals surface area contributed by atoms with Gasteiger partial charge in [0.05, 0.1) is 19.3 Å². The summed E-state index contributed by atoms with van der Waals surface area (Å²) in [6.45, 7) is 4.52. The molecule has 9 heteroatoms. The van der Waals surface area contributed by atoms with Crippen LogP contribution in [-0.4, -0.2) is 53.3 Å². The van der Waals surface area contributed by atoms with Gasteiger partial charge in [-0.1, -0.05) is 49.3 Å². The van der Waals surface area contributed by atoms with Crippen LogP contribution >= 0.6 is 0 Å². The maximum absolute atomic E-state index is 13.8. The largest absolute Gasteiger partial charge is 0.491 e. The number of H-pyrrole nitrogens is 1. The Morgan fingerprint density at radius 3 is 2.58 bits per heavy atom. The first-order valence-electron chi connectivity index (χ1n) is 11.7. The standard InChI is InChI=1S/C27H28N4O5/c1-27(2,16-32)25-22-23(28-29-25)26(33)31(18-10-8-17(9-11-18)20-12-13-36-30-20)24(22)19-6-4-5-7-21(19)35-15-14-34-3/h4-13,24,32H,14-16H2,1-3H3,(H,28,29). The Kier molecular flexibility index (Phi) is 6.34. The Morgan fingerprint density at radius 1 is 1.11 bits per heavy atom. The highest BCUT2D eigenvalue weighted by molar-refractivity contribution is 6.11. The van der Waals surface area contributed by atoms with E-state index in [1.165, 1.54) is 6.26 Å². The van der Waals surface area contributed by atoms with E-state index in [4.69, 9.17) is 14.0 Å². The molecule has 0 aliphatic carbocycles. The summed E-state index contributed by atoms with van der Waals surface area (Å²) in [5.74, 6) is 0.422. The Hall–Kier alpha value is -3.95. The van der Waals surface area contributed by atoms with Gasteiger partial charge in [0.1, 0.15) is 24.3 Å². The molecule has 0 bridgehead atoms. The quantitative estimate of drug-likeness (QED) is 0.341. The molecule has 0 spiro atoms. The number of aromatic nitrogens is 3. The van der Waals surface area contributed by atoms with Crippen molar-refractivity contribution in [2.75, 3.05) is 31.8 Å². The van der Waals surface area contributed by atoms with Crippen LogP contribution in [0.1, 0.15) is 47.2 Å². The summed E-state index contributed by atoms with van der Waals surface area (Å²) in [6, 6.07) is 16.5. The number of fused-ring (bicyclic) bond motifs is 1. The van der Waals surface area contributed by atoms with Gasteiger partial charge in [0.2, 0.25) is 0 Å². The zero-order valence-electron chi connectivity index (χ0n) is 20.4. The van der Waals surface area contributed by atoms with Gasteiger partial charge in [-0.05, 0) is 18.2 Å². The summed E-state index contributed by atoms with van der Waals surface area (Å²) in [4.78, 5) is 15.5. The van der Waals surface area contributed by atoms with E-state index in [0.717, 1.165) is 16.7 Å². The van der Waals surface area contributed by atoms with Crippen LogP contribution in [0, 0.1) is 0 Å². The Balaban J connectivity index is 1.64. The van der Waals surface area contributed by atoms with E-state index in [1.54, 1.807) is 18.1 Å². The minimum Gasteiger partial charge on any atom is -0.491 e. The van der Waals surface area contributed by atoms with E-state index in [1.807, 2.05) is 62.4 Å². The number of carbonyl (C=O) groups is 1. The molecule has 3 heterocycles. The SMILES string of the molecule is COCCOc1ccccc1C1c2c(n[nH]c2C(C)(C)CO)C(=O)N1c1ccc(-c2ccon2)cc1. The second-order valence-electron chi connectivity index (χ2n) is 9.29. The number of methoxy groups -OCH3 is 1. The number of aliphatic hydroxyl groups is 1. The number of aromatic amines is 1. The summed E-state index contributed by atoms with van der Waals surface area (Å²) in [7, 11) is 1.62. The summed E-state index contributed by atoms with van der Waals surface area (Å²) in [5, 5.41) is 21.5. The van der Waals surface area contributed by atoms with Gasteiger partial charge in [-0.15, -0.1) is 0 Å². The number of benzene rings is 2. The first-order chi connectivity index (χ1) is 17.5. The highest BCUT2D eigenvalue weighted by Gasteiger charge is 2.46. The van der Waals surface area contributed by atoms with E-state index in [-0.39, 0.29) is 12.5 Å². The number of nitrogens with one attached hydrogen (secondary N) is 1. The van der Waals surface area contributed by atoms with Crippen LogP contribution in [0.25, 0.3) is 11.3 Å². The van der Waals surface area contributed by atoms with Crippen molar-refractivity contribution < 1.29 is 23.9 Å².